The Labute approximate surface area is 141 Å². The SMILES string of the molecule is Cc1ccccc1-c1c(Cl)nc(-c2ccc(Cl)s2)nc1Cl. The zero-order valence-electron chi connectivity index (χ0n) is 10.9. The Hall–Kier alpha value is -1.13. The molecule has 2 heterocycles. The molecule has 0 bridgehead atoms. The van der Waals surface area contributed by atoms with Crippen LogP contribution in [-0.2, 0) is 0 Å². The molecule has 6 heteroatoms. The average molecular weight is 356 g/mol. The molecule has 0 saturated carbocycles. The van der Waals surface area contributed by atoms with Crippen LogP contribution in [0.25, 0.3) is 21.8 Å². The molecule has 0 amide bonds. The second-order valence-electron chi connectivity index (χ2n) is 4.42. The average Bonchev–Trinajstić information content (AvgIpc) is 2.87. The molecule has 106 valence electrons. The van der Waals surface area contributed by atoms with Crippen molar-refractivity contribution in [3.63, 3.8) is 0 Å². The van der Waals surface area contributed by atoms with Crippen LogP contribution in [0.4, 0.5) is 0 Å². The third-order valence-electron chi connectivity index (χ3n) is 3.03. The quantitative estimate of drug-likeness (QED) is 0.516. The lowest BCUT2D eigenvalue weighted by Gasteiger charge is -2.10. The number of halogens is 3. The highest BCUT2D eigenvalue weighted by Crippen LogP contribution is 2.37. The zero-order valence-corrected chi connectivity index (χ0v) is 14.0. The molecular formula is C15H9Cl3N2S. The molecule has 3 aromatic rings. The number of benzene rings is 1. The van der Waals surface area contributed by atoms with Crippen LogP contribution in [0.2, 0.25) is 14.6 Å². The Morgan fingerprint density at radius 3 is 2.14 bits per heavy atom. The maximum atomic E-state index is 6.33. The van der Waals surface area contributed by atoms with Crippen LogP contribution in [0.1, 0.15) is 5.56 Å². The third-order valence-corrected chi connectivity index (χ3v) is 4.80. The van der Waals surface area contributed by atoms with E-state index < -0.39 is 0 Å². The van der Waals surface area contributed by atoms with Gasteiger partial charge < -0.3 is 0 Å². The molecule has 0 unspecified atom stereocenters. The number of aromatic nitrogens is 2. The van der Waals surface area contributed by atoms with E-state index in [0.29, 0.717) is 26.0 Å². The smallest absolute Gasteiger partial charge is 0.172 e. The third kappa shape index (κ3) is 2.92. The van der Waals surface area contributed by atoms with Crippen molar-refractivity contribution in [2.45, 2.75) is 6.92 Å². The molecular weight excluding hydrogens is 347 g/mol. The molecule has 0 N–H and O–H groups in total. The molecule has 0 saturated heterocycles. The highest BCUT2D eigenvalue weighted by molar-refractivity contribution is 7.19. The second-order valence-corrected chi connectivity index (χ2v) is 6.85. The van der Waals surface area contributed by atoms with Crippen LogP contribution in [0.15, 0.2) is 36.4 Å². The number of nitrogens with zero attached hydrogens (tertiary/aromatic N) is 2. The van der Waals surface area contributed by atoms with Crippen LogP contribution in [0.3, 0.4) is 0 Å². The molecule has 1 aromatic carbocycles. The summed E-state index contributed by atoms with van der Waals surface area (Å²) in [6.45, 7) is 1.99. The van der Waals surface area contributed by atoms with Crippen molar-refractivity contribution in [1.82, 2.24) is 9.97 Å². The number of hydrogen-bond acceptors (Lipinski definition) is 3. The van der Waals surface area contributed by atoms with Crippen molar-refractivity contribution in [2.24, 2.45) is 0 Å². The minimum Gasteiger partial charge on any atom is -0.215 e. The molecule has 0 spiro atoms. The van der Waals surface area contributed by atoms with Crippen LogP contribution in [0.5, 0.6) is 0 Å². The lowest BCUT2D eigenvalue weighted by Crippen LogP contribution is -1.94. The van der Waals surface area contributed by atoms with Crippen molar-refractivity contribution >= 4 is 46.1 Å². The molecule has 0 atom stereocenters. The van der Waals surface area contributed by atoms with Crippen LogP contribution in [-0.4, -0.2) is 9.97 Å². The van der Waals surface area contributed by atoms with Gasteiger partial charge in [0, 0.05) is 0 Å². The number of thiophene rings is 1. The van der Waals surface area contributed by atoms with Gasteiger partial charge in [-0.1, -0.05) is 59.1 Å². The van der Waals surface area contributed by atoms with Gasteiger partial charge in [0.25, 0.3) is 0 Å². The molecule has 0 radical (unpaired) electrons. The maximum Gasteiger partial charge on any atom is 0.172 e. The summed E-state index contributed by atoms with van der Waals surface area (Å²) in [4.78, 5) is 9.55. The Kier molecular flexibility index (Phi) is 4.18. The first-order chi connectivity index (χ1) is 10.1. The summed E-state index contributed by atoms with van der Waals surface area (Å²) < 4.78 is 0.670. The Morgan fingerprint density at radius 1 is 0.905 bits per heavy atom. The summed E-state index contributed by atoms with van der Waals surface area (Å²) >= 11 is 20.0. The van der Waals surface area contributed by atoms with Crippen molar-refractivity contribution in [3.8, 4) is 21.8 Å². The number of rotatable bonds is 2. The van der Waals surface area contributed by atoms with E-state index >= 15 is 0 Å². The standard InChI is InChI=1S/C15H9Cl3N2S/c1-8-4-2-3-5-9(8)12-13(17)19-15(20-14(12)18)10-6-7-11(16)21-10/h2-7H,1H3. The van der Waals surface area contributed by atoms with Crippen molar-refractivity contribution < 1.29 is 0 Å². The molecule has 2 nitrogen and oxygen atoms in total. The molecule has 21 heavy (non-hydrogen) atoms. The van der Waals surface area contributed by atoms with Gasteiger partial charge in [-0.15, -0.1) is 11.3 Å². The Balaban J connectivity index is 2.15. The second kappa shape index (κ2) is 5.93. The Bertz CT molecular complexity index is 791. The van der Waals surface area contributed by atoms with Gasteiger partial charge in [0.05, 0.1) is 14.8 Å². The summed E-state index contributed by atoms with van der Waals surface area (Å²) in [6, 6.07) is 11.5. The van der Waals surface area contributed by atoms with Crippen LogP contribution >= 0.6 is 46.1 Å². The zero-order chi connectivity index (χ0) is 15.0. The van der Waals surface area contributed by atoms with E-state index in [1.807, 2.05) is 37.3 Å². The number of hydrogen-bond donors (Lipinski definition) is 0. The van der Waals surface area contributed by atoms with Gasteiger partial charge in [0.2, 0.25) is 0 Å². The van der Waals surface area contributed by atoms with Gasteiger partial charge >= 0.3 is 0 Å². The lowest BCUT2D eigenvalue weighted by molar-refractivity contribution is 1.19. The fraction of sp³-hybridized carbons (Fsp3) is 0.0667. The minimum atomic E-state index is 0.337. The van der Waals surface area contributed by atoms with E-state index in [1.165, 1.54) is 11.3 Å². The predicted molar refractivity (Wildman–Crippen MR) is 90.5 cm³/mol. The van der Waals surface area contributed by atoms with Crippen molar-refractivity contribution in [1.29, 1.82) is 0 Å². The van der Waals surface area contributed by atoms with Crippen LogP contribution in [0, 0.1) is 6.92 Å². The van der Waals surface area contributed by atoms with Gasteiger partial charge in [0.15, 0.2) is 5.82 Å². The van der Waals surface area contributed by atoms with E-state index in [1.54, 1.807) is 6.07 Å². The number of aryl methyl sites for hydroxylation is 1. The molecule has 2 aromatic heterocycles. The summed E-state index contributed by atoms with van der Waals surface area (Å²) in [5.41, 5.74) is 2.66. The largest absolute Gasteiger partial charge is 0.215 e. The first-order valence-electron chi connectivity index (χ1n) is 6.11. The first kappa shape index (κ1) is 14.8. The normalized spacial score (nSPS) is 10.9. The molecule has 0 aliphatic carbocycles. The molecule has 0 fully saturated rings. The topological polar surface area (TPSA) is 25.8 Å². The summed E-state index contributed by atoms with van der Waals surface area (Å²) in [5, 5.41) is 0.674. The van der Waals surface area contributed by atoms with Gasteiger partial charge in [0.1, 0.15) is 10.3 Å². The Morgan fingerprint density at radius 2 is 1.57 bits per heavy atom. The van der Waals surface area contributed by atoms with Gasteiger partial charge in [-0.2, -0.15) is 0 Å². The van der Waals surface area contributed by atoms with Gasteiger partial charge in [-0.25, -0.2) is 9.97 Å². The predicted octanol–water partition coefficient (Wildman–Crippen LogP) is 6.14. The van der Waals surface area contributed by atoms with Gasteiger partial charge in [-0.05, 0) is 30.2 Å². The first-order valence-corrected chi connectivity index (χ1v) is 8.06. The molecule has 0 aliphatic heterocycles. The molecule has 3 rings (SSSR count). The van der Waals surface area contributed by atoms with Crippen molar-refractivity contribution in [2.75, 3.05) is 0 Å². The minimum absolute atomic E-state index is 0.337. The van der Waals surface area contributed by atoms with E-state index in [4.69, 9.17) is 34.8 Å². The fourth-order valence-corrected chi connectivity index (χ4v) is 3.60. The van der Waals surface area contributed by atoms with E-state index in [-0.39, 0.29) is 0 Å². The summed E-state index contributed by atoms with van der Waals surface area (Å²) in [5.74, 6) is 0.485. The summed E-state index contributed by atoms with van der Waals surface area (Å²) in [6.07, 6.45) is 0. The monoisotopic (exact) mass is 354 g/mol. The summed E-state index contributed by atoms with van der Waals surface area (Å²) in [7, 11) is 0. The van der Waals surface area contributed by atoms with Crippen LogP contribution < -0.4 is 0 Å². The van der Waals surface area contributed by atoms with E-state index in [2.05, 4.69) is 9.97 Å². The van der Waals surface area contributed by atoms with E-state index in [9.17, 15) is 0 Å². The molecule has 0 aliphatic rings. The maximum absolute atomic E-state index is 6.33. The fourth-order valence-electron chi connectivity index (χ4n) is 2.03. The lowest BCUT2D eigenvalue weighted by atomic mass is 10.0. The van der Waals surface area contributed by atoms with Gasteiger partial charge in [-0.3, -0.25) is 0 Å². The van der Waals surface area contributed by atoms with Crippen molar-refractivity contribution in [3.05, 3.63) is 56.6 Å². The highest BCUT2D eigenvalue weighted by Gasteiger charge is 2.16. The highest BCUT2D eigenvalue weighted by atomic mass is 35.5. The van der Waals surface area contributed by atoms with E-state index in [0.717, 1.165) is 16.0 Å².